The van der Waals surface area contributed by atoms with E-state index in [1.165, 1.54) is 31.8 Å². The molecule has 27 heavy (non-hydrogen) atoms. The predicted molar refractivity (Wildman–Crippen MR) is 103 cm³/mol. The number of nitrogens with zero attached hydrogens (tertiary/aromatic N) is 4. The molecule has 2 saturated heterocycles. The van der Waals surface area contributed by atoms with Crippen LogP contribution in [-0.4, -0.2) is 51.8 Å². The van der Waals surface area contributed by atoms with Gasteiger partial charge in [-0.25, -0.2) is 9.97 Å². The van der Waals surface area contributed by atoms with E-state index >= 15 is 0 Å². The number of likely N-dealkylation sites (tertiary alicyclic amines) is 1. The quantitative estimate of drug-likeness (QED) is 0.880. The van der Waals surface area contributed by atoms with Gasteiger partial charge in [-0.2, -0.15) is 0 Å². The van der Waals surface area contributed by atoms with Crippen molar-refractivity contribution in [1.82, 2.24) is 19.4 Å². The molecule has 0 aromatic carbocycles. The van der Waals surface area contributed by atoms with Crippen molar-refractivity contribution in [2.24, 2.45) is 17.8 Å². The fraction of sp³-hybridized carbons (Fsp3) is 0.619. The smallest absolute Gasteiger partial charge is 0.126 e. The lowest BCUT2D eigenvalue weighted by molar-refractivity contribution is -0.0616. The SMILES string of the molecule is Cc1cc(-c2cn(C3[C@H]4CN(C5COC5)C[C@@H]34)c(CC3CC3)n2)cnc1N. The number of hydrogen-bond donors (Lipinski definition) is 1. The maximum atomic E-state index is 5.90. The highest BCUT2D eigenvalue weighted by molar-refractivity contribution is 5.61. The average Bonchev–Trinajstić information content (AvgIpc) is 3.44. The van der Waals surface area contributed by atoms with Gasteiger partial charge in [0.1, 0.15) is 11.6 Å². The van der Waals surface area contributed by atoms with Crippen LogP contribution in [0.25, 0.3) is 11.3 Å². The second kappa shape index (κ2) is 5.79. The summed E-state index contributed by atoms with van der Waals surface area (Å²) in [6.07, 6.45) is 7.99. The summed E-state index contributed by atoms with van der Waals surface area (Å²) < 4.78 is 7.89. The summed E-state index contributed by atoms with van der Waals surface area (Å²) in [6.45, 7) is 6.31. The van der Waals surface area contributed by atoms with E-state index in [1.807, 2.05) is 13.1 Å². The number of ether oxygens (including phenoxy) is 1. The van der Waals surface area contributed by atoms with Gasteiger partial charge >= 0.3 is 0 Å². The van der Waals surface area contributed by atoms with Crippen molar-refractivity contribution >= 4 is 5.82 Å². The second-order valence-electron chi connectivity index (χ2n) is 8.99. The maximum absolute atomic E-state index is 5.90. The molecule has 6 nitrogen and oxygen atoms in total. The molecule has 2 saturated carbocycles. The maximum Gasteiger partial charge on any atom is 0.126 e. The molecule has 0 spiro atoms. The van der Waals surface area contributed by atoms with E-state index < -0.39 is 0 Å². The second-order valence-corrected chi connectivity index (χ2v) is 8.99. The number of imidazole rings is 1. The minimum absolute atomic E-state index is 0.605. The van der Waals surface area contributed by atoms with Crippen LogP contribution < -0.4 is 5.73 Å². The number of hydrogen-bond acceptors (Lipinski definition) is 5. The minimum Gasteiger partial charge on any atom is -0.383 e. The third-order valence-electron chi connectivity index (χ3n) is 7.03. The number of aryl methyl sites for hydroxylation is 1. The number of nitrogen functional groups attached to an aromatic ring is 1. The third kappa shape index (κ3) is 2.69. The molecule has 6 heteroatoms. The molecule has 2 aliphatic heterocycles. The predicted octanol–water partition coefficient (Wildman–Crippen LogP) is 2.29. The van der Waals surface area contributed by atoms with Gasteiger partial charge in [0, 0.05) is 43.5 Å². The van der Waals surface area contributed by atoms with Crippen LogP contribution in [0.1, 0.15) is 30.3 Å². The number of pyridine rings is 1. The zero-order valence-corrected chi connectivity index (χ0v) is 15.8. The number of fused-ring (bicyclic) bond motifs is 1. The van der Waals surface area contributed by atoms with Crippen LogP contribution in [0.15, 0.2) is 18.5 Å². The van der Waals surface area contributed by atoms with E-state index in [2.05, 4.69) is 26.7 Å². The highest BCUT2D eigenvalue weighted by atomic mass is 16.5. The molecule has 6 rings (SSSR count). The number of piperidine rings is 1. The number of rotatable bonds is 5. The summed E-state index contributed by atoms with van der Waals surface area (Å²) in [5.74, 6) is 4.30. The molecule has 2 aromatic rings. The lowest BCUT2D eigenvalue weighted by Crippen LogP contribution is -2.49. The third-order valence-corrected chi connectivity index (χ3v) is 7.03. The molecule has 142 valence electrons. The zero-order chi connectivity index (χ0) is 18.1. The molecule has 2 N–H and O–H groups in total. The van der Waals surface area contributed by atoms with Gasteiger partial charge < -0.3 is 15.0 Å². The van der Waals surface area contributed by atoms with E-state index in [4.69, 9.17) is 15.5 Å². The molecule has 4 fully saturated rings. The van der Waals surface area contributed by atoms with E-state index in [-0.39, 0.29) is 0 Å². The first-order valence-electron chi connectivity index (χ1n) is 10.3. The number of anilines is 1. The monoisotopic (exact) mass is 365 g/mol. The Hall–Kier alpha value is -1.92. The molecule has 4 heterocycles. The van der Waals surface area contributed by atoms with E-state index in [0.29, 0.717) is 17.9 Å². The fourth-order valence-corrected chi connectivity index (χ4v) is 4.96. The van der Waals surface area contributed by atoms with Crippen LogP contribution in [-0.2, 0) is 11.2 Å². The molecular formula is C21H27N5O. The fourth-order valence-electron chi connectivity index (χ4n) is 4.96. The summed E-state index contributed by atoms with van der Waals surface area (Å²) in [6, 6.07) is 3.42. The van der Waals surface area contributed by atoms with Crippen LogP contribution in [0.5, 0.6) is 0 Å². The highest BCUT2D eigenvalue weighted by Gasteiger charge is 2.58. The first-order chi connectivity index (χ1) is 13.2. The lowest BCUT2D eigenvalue weighted by atomic mass is 10.1. The van der Waals surface area contributed by atoms with Gasteiger partial charge in [0.2, 0.25) is 0 Å². The number of nitrogens with two attached hydrogens (primary N) is 1. The summed E-state index contributed by atoms with van der Waals surface area (Å²) in [4.78, 5) is 12.0. The largest absolute Gasteiger partial charge is 0.383 e. The average molecular weight is 365 g/mol. The van der Waals surface area contributed by atoms with Gasteiger partial charge in [0.25, 0.3) is 0 Å². The summed E-state index contributed by atoms with van der Waals surface area (Å²) in [7, 11) is 0. The van der Waals surface area contributed by atoms with Gasteiger partial charge in [-0.3, -0.25) is 4.90 Å². The Morgan fingerprint density at radius 1 is 1.22 bits per heavy atom. The lowest BCUT2D eigenvalue weighted by Gasteiger charge is -2.36. The molecule has 0 amide bonds. The van der Waals surface area contributed by atoms with E-state index in [1.54, 1.807) is 0 Å². The van der Waals surface area contributed by atoms with Crippen LogP contribution in [0, 0.1) is 24.7 Å². The van der Waals surface area contributed by atoms with Crippen LogP contribution in [0.2, 0.25) is 0 Å². The van der Waals surface area contributed by atoms with Crippen molar-refractivity contribution in [2.75, 3.05) is 32.0 Å². The zero-order valence-electron chi connectivity index (χ0n) is 15.8. The molecule has 0 radical (unpaired) electrons. The van der Waals surface area contributed by atoms with Crippen molar-refractivity contribution < 1.29 is 4.74 Å². The molecule has 2 aliphatic carbocycles. The first kappa shape index (κ1) is 16.1. The Labute approximate surface area is 159 Å². The van der Waals surface area contributed by atoms with Gasteiger partial charge in [-0.1, -0.05) is 0 Å². The van der Waals surface area contributed by atoms with Crippen molar-refractivity contribution in [3.05, 3.63) is 29.8 Å². The Morgan fingerprint density at radius 3 is 2.63 bits per heavy atom. The van der Waals surface area contributed by atoms with Gasteiger partial charge in [-0.15, -0.1) is 0 Å². The van der Waals surface area contributed by atoms with Crippen molar-refractivity contribution in [3.63, 3.8) is 0 Å². The van der Waals surface area contributed by atoms with E-state index in [0.717, 1.165) is 54.2 Å². The van der Waals surface area contributed by atoms with Gasteiger partial charge in [-0.05, 0) is 49.1 Å². The normalized spacial score (nSPS) is 30.3. The Kier molecular flexibility index (Phi) is 3.44. The van der Waals surface area contributed by atoms with Crippen LogP contribution in [0.4, 0.5) is 5.82 Å². The van der Waals surface area contributed by atoms with Crippen molar-refractivity contribution in [3.8, 4) is 11.3 Å². The molecule has 4 aliphatic rings. The molecule has 2 aromatic heterocycles. The van der Waals surface area contributed by atoms with Crippen molar-refractivity contribution in [1.29, 1.82) is 0 Å². The molecule has 0 bridgehead atoms. The van der Waals surface area contributed by atoms with Crippen LogP contribution >= 0.6 is 0 Å². The summed E-state index contributed by atoms with van der Waals surface area (Å²) >= 11 is 0. The summed E-state index contributed by atoms with van der Waals surface area (Å²) in [5, 5.41) is 0. The topological polar surface area (TPSA) is 69.2 Å². The highest BCUT2D eigenvalue weighted by Crippen LogP contribution is 2.56. The minimum atomic E-state index is 0.605. The molecule has 1 unspecified atom stereocenters. The first-order valence-corrected chi connectivity index (χ1v) is 10.3. The van der Waals surface area contributed by atoms with Crippen molar-refractivity contribution in [2.45, 2.75) is 38.3 Å². The molecule has 3 atom stereocenters. The Balaban J connectivity index is 1.27. The number of aromatic nitrogens is 3. The molecular weight excluding hydrogens is 338 g/mol. The van der Waals surface area contributed by atoms with Crippen LogP contribution in [0.3, 0.4) is 0 Å². The van der Waals surface area contributed by atoms with E-state index in [9.17, 15) is 0 Å². The summed E-state index contributed by atoms with van der Waals surface area (Å²) in [5.41, 5.74) is 9.05. The van der Waals surface area contributed by atoms with Gasteiger partial charge in [0.15, 0.2) is 0 Å². The standard InChI is InChI=1S/C21H27N5O/c1-12-4-14(6-23-21(12)22)18-9-26(19(24-18)5-13-2-3-13)20-16-7-25(8-17(16)20)15-10-27-11-15/h4,6,9,13,15-17,20H,2-3,5,7-8,10-11H2,1H3,(H2,22,23)/t16-,17+,20?. The Bertz CT molecular complexity index is 873. The Morgan fingerprint density at radius 2 is 2.00 bits per heavy atom. The van der Waals surface area contributed by atoms with Gasteiger partial charge in [0.05, 0.1) is 24.9 Å².